The van der Waals surface area contributed by atoms with Crippen molar-refractivity contribution in [2.45, 2.75) is 19.5 Å². The minimum Gasteiger partial charge on any atom is -0.379 e. The summed E-state index contributed by atoms with van der Waals surface area (Å²) < 4.78 is 5.52. The Hall–Kier alpha value is -1.67. The Kier molecular flexibility index (Phi) is 7.89. The highest BCUT2D eigenvalue weighted by atomic mass is 35.5. The number of hydrogen-bond donors (Lipinski definition) is 2. The summed E-state index contributed by atoms with van der Waals surface area (Å²) >= 11 is 7.64. The van der Waals surface area contributed by atoms with E-state index in [1.54, 1.807) is 23.6 Å². The van der Waals surface area contributed by atoms with Gasteiger partial charge in [0.05, 0.1) is 25.8 Å². The smallest absolute Gasteiger partial charge is 0.191 e. The van der Waals surface area contributed by atoms with Gasteiger partial charge in [-0.05, 0) is 30.0 Å². The lowest BCUT2D eigenvalue weighted by molar-refractivity contribution is 0.0177. The Morgan fingerprint density at radius 2 is 2.19 bits per heavy atom. The maximum atomic E-state index is 5.85. The summed E-state index contributed by atoms with van der Waals surface area (Å²) in [5, 5.41) is 9.46. The molecule has 3 rings (SSSR count). The van der Waals surface area contributed by atoms with Gasteiger partial charge in [-0.25, -0.2) is 9.98 Å². The van der Waals surface area contributed by atoms with Gasteiger partial charge in [-0.3, -0.25) is 4.90 Å². The summed E-state index contributed by atoms with van der Waals surface area (Å²) in [5.41, 5.74) is 1.03. The van der Waals surface area contributed by atoms with E-state index in [4.69, 9.17) is 16.3 Å². The molecule has 2 aromatic heterocycles. The van der Waals surface area contributed by atoms with Crippen LogP contribution in [0.5, 0.6) is 0 Å². The molecule has 0 aromatic carbocycles. The molecule has 0 radical (unpaired) electrons. The topological polar surface area (TPSA) is 61.8 Å². The molecule has 1 aliphatic rings. The third-order valence-electron chi connectivity index (χ3n) is 4.37. The first-order chi connectivity index (χ1) is 13.3. The van der Waals surface area contributed by atoms with Gasteiger partial charge in [0.15, 0.2) is 5.96 Å². The number of halogens is 1. The molecule has 0 spiro atoms. The van der Waals surface area contributed by atoms with Crippen molar-refractivity contribution in [3.8, 4) is 0 Å². The van der Waals surface area contributed by atoms with Gasteiger partial charge in [0, 0.05) is 37.3 Å². The van der Waals surface area contributed by atoms with Crippen molar-refractivity contribution in [1.29, 1.82) is 0 Å². The Bertz CT molecular complexity index is 701. The maximum Gasteiger partial charge on any atom is 0.191 e. The minimum absolute atomic E-state index is 0.315. The third kappa shape index (κ3) is 6.17. The zero-order valence-electron chi connectivity index (χ0n) is 15.5. The molecule has 3 heterocycles. The molecular weight excluding hydrogens is 382 g/mol. The van der Waals surface area contributed by atoms with Gasteiger partial charge < -0.3 is 15.4 Å². The van der Waals surface area contributed by atoms with Crippen molar-refractivity contribution < 1.29 is 4.74 Å². The Labute approximate surface area is 169 Å². The molecule has 146 valence electrons. The van der Waals surface area contributed by atoms with E-state index in [9.17, 15) is 0 Å². The fourth-order valence-corrected chi connectivity index (χ4v) is 3.96. The van der Waals surface area contributed by atoms with Crippen molar-refractivity contribution in [2.75, 3.05) is 39.4 Å². The summed E-state index contributed by atoms with van der Waals surface area (Å²) in [4.78, 5) is 12.6. The second-order valence-corrected chi connectivity index (χ2v) is 7.61. The van der Waals surface area contributed by atoms with Crippen LogP contribution in [0, 0.1) is 0 Å². The quantitative estimate of drug-likeness (QED) is 0.420. The molecule has 1 unspecified atom stereocenters. The van der Waals surface area contributed by atoms with Gasteiger partial charge >= 0.3 is 0 Å². The Morgan fingerprint density at radius 1 is 1.33 bits per heavy atom. The van der Waals surface area contributed by atoms with Crippen molar-refractivity contribution >= 4 is 28.9 Å². The molecule has 0 saturated carbocycles. The van der Waals surface area contributed by atoms with E-state index in [0.29, 0.717) is 17.7 Å². The molecule has 0 aliphatic carbocycles. The third-order valence-corrected chi connectivity index (χ3v) is 5.57. The first kappa shape index (κ1) is 20.1. The summed E-state index contributed by atoms with van der Waals surface area (Å²) in [5.74, 6) is 0.808. The number of nitrogens with one attached hydrogen (secondary N) is 2. The van der Waals surface area contributed by atoms with Crippen molar-refractivity contribution in [3.63, 3.8) is 0 Å². The maximum absolute atomic E-state index is 5.85. The predicted molar refractivity (Wildman–Crippen MR) is 112 cm³/mol. The first-order valence-electron chi connectivity index (χ1n) is 9.24. The molecule has 6 nitrogen and oxygen atoms in total. The SMILES string of the molecule is CCNC(=NCc1ccc(Cl)nc1)NCC(c1cccs1)N1CCOCC1. The van der Waals surface area contributed by atoms with Crippen LogP contribution in [0.3, 0.4) is 0 Å². The minimum atomic E-state index is 0.315. The molecule has 1 atom stereocenters. The molecule has 0 amide bonds. The van der Waals surface area contributed by atoms with Gasteiger partial charge in [0.1, 0.15) is 5.15 Å². The lowest BCUT2D eigenvalue weighted by Gasteiger charge is -2.34. The van der Waals surface area contributed by atoms with Crippen molar-refractivity contribution in [2.24, 2.45) is 4.99 Å². The number of rotatable bonds is 7. The predicted octanol–water partition coefficient (Wildman–Crippen LogP) is 2.93. The fourth-order valence-electron chi connectivity index (χ4n) is 2.99. The number of ether oxygens (including phenoxy) is 1. The molecule has 0 bridgehead atoms. The van der Waals surface area contributed by atoms with Crippen LogP contribution in [-0.2, 0) is 11.3 Å². The van der Waals surface area contributed by atoms with Gasteiger partial charge in [-0.15, -0.1) is 11.3 Å². The largest absolute Gasteiger partial charge is 0.379 e. The van der Waals surface area contributed by atoms with Crippen LogP contribution >= 0.6 is 22.9 Å². The van der Waals surface area contributed by atoms with Crippen LogP contribution in [0.1, 0.15) is 23.4 Å². The summed E-state index contributed by atoms with van der Waals surface area (Å²) in [6.45, 7) is 7.72. The van der Waals surface area contributed by atoms with Gasteiger partial charge in [0.25, 0.3) is 0 Å². The van der Waals surface area contributed by atoms with Crippen LogP contribution < -0.4 is 10.6 Å². The molecule has 27 heavy (non-hydrogen) atoms. The zero-order valence-corrected chi connectivity index (χ0v) is 17.1. The number of guanidine groups is 1. The van der Waals surface area contributed by atoms with E-state index in [0.717, 1.165) is 50.9 Å². The lowest BCUT2D eigenvalue weighted by Crippen LogP contribution is -2.46. The lowest BCUT2D eigenvalue weighted by atomic mass is 10.2. The monoisotopic (exact) mass is 407 g/mol. The normalized spacial score (nSPS) is 16.9. The van der Waals surface area contributed by atoms with Gasteiger partial charge in [0.2, 0.25) is 0 Å². The number of nitrogens with zero attached hydrogens (tertiary/aromatic N) is 3. The van der Waals surface area contributed by atoms with Gasteiger partial charge in [-0.2, -0.15) is 0 Å². The van der Waals surface area contributed by atoms with Crippen LogP contribution in [-0.4, -0.2) is 55.2 Å². The number of pyridine rings is 1. The second-order valence-electron chi connectivity index (χ2n) is 6.24. The average Bonchev–Trinajstić information content (AvgIpc) is 3.23. The van der Waals surface area contributed by atoms with Crippen molar-refractivity contribution in [3.05, 3.63) is 51.4 Å². The van der Waals surface area contributed by atoms with Gasteiger partial charge in [-0.1, -0.05) is 23.7 Å². The highest BCUT2D eigenvalue weighted by molar-refractivity contribution is 7.10. The summed E-state index contributed by atoms with van der Waals surface area (Å²) in [6.07, 6.45) is 1.76. The zero-order chi connectivity index (χ0) is 18.9. The van der Waals surface area contributed by atoms with E-state index in [2.05, 4.69) is 49.9 Å². The van der Waals surface area contributed by atoms with E-state index >= 15 is 0 Å². The molecule has 1 aliphatic heterocycles. The molecule has 8 heteroatoms. The summed E-state index contributed by atoms with van der Waals surface area (Å²) in [6, 6.07) is 8.37. The Balaban J connectivity index is 1.64. The molecule has 2 aromatic rings. The fraction of sp³-hybridized carbons (Fsp3) is 0.474. The van der Waals surface area contributed by atoms with Crippen LogP contribution in [0.2, 0.25) is 5.15 Å². The Morgan fingerprint density at radius 3 is 2.85 bits per heavy atom. The molecule has 1 saturated heterocycles. The van der Waals surface area contributed by atoms with E-state index in [1.165, 1.54) is 4.88 Å². The summed E-state index contributed by atoms with van der Waals surface area (Å²) in [7, 11) is 0. The first-order valence-corrected chi connectivity index (χ1v) is 10.5. The van der Waals surface area contributed by atoms with E-state index < -0.39 is 0 Å². The number of aromatic nitrogens is 1. The van der Waals surface area contributed by atoms with Crippen LogP contribution in [0.4, 0.5) is 0 Å². The van der Waals surface area contributed by atoms with E-state index in [1.807, 2.05) is 6.07 Å². The second kappa shape index (κ2) is 10.6. The number of aliphatic imine (C=N–C) groups is 1. The number of hydrogen-bond acceptors (Lipinski definition) is 5. The number of morpholine rings is 1. The number of thiophene rings is 1. The highest BCUT2D eigenvalue weighted by Crippen LogP contribution is 2.25. The van der Waals surface area contributed by atoms with Crippen molar-refractivity contribution in [1.82, 2.24) is 20.5 Å². The molecule has 1 fully saturated rings. The van der Waals surface area contributed by atoms with E-state index in [-0.39, 0.29) is 0 Å². The molecular formula is C19H26ClN5OS. The van der Waals surface area contributed by atoms with Crippen LogP contribution in [0.25, 0.3) is 0 Å². The highest BCUT2D eigenvalue weighted by Gasteiger charge is 2.23. The molecule has 2 N–H and O–H groups in total. The standard InChI is InChI=1S/C19H26ClN5OS/c1-2-21-19(23-13-15-5-6-18(20)22-12-15)24-14-16(17-4-3-11-27-17)25-7-9-26-10-8-25/h3-6,11-12,16H,2,7-10,13-14H2,1H3,(H2,21,23,24). The average molecular weight is 408 g/mol. The van der Waals surface area contributed by atoms with Crippen LogP contribution in [0.15, 0.2) is 40.8 Å².